The third-order valence-electron chi connectivity index (χ3n) is 6.15. The molecular weight excluding hydrogens is 487 g/mol. The highest BCUT2D eigenvalue weighted by Crippen LogP contribution is 2.37. The Kier molecular flexibility index (Phi) is 6.87. The highest BCUT2D eigenvalue weighted by Gasteiger charge is 2.24. The van der Waals surface area contributed by atoms with E-state index in [0.29, 0.717) is 35.0 Å². The molecule has 36 heavy (non-hydrogen) atoms. The molecule has 0 saturated carbocycles. The third-order valence-corrected chi connectivity index (χ3v) is 6.99. The van der Waals surface area contributed by atoms with Gasteiger partial charge in [0.15, 0.2) is 9.84 Å². The van der Waals surface area contributed by atoms with Crippen molar-refractivity contribution >= 4 is 26.7 Å². The van der Waals surface area contributed by atoms with Crippen molar-refractivity contribution in [3.8, 4) is 11.1 Å². The number of carboxylic acid groups (broad SMARTS) is 1. The number of fused-ring (bicyclic) bond motifs is 1. The van der Waals surface area contributed by atoms with Crippen LogP contribution in [0.2, 0.25) is 0 Å². The number of aromatic amines is 2. The molecule has 0 saturated heterocycles. The van der Waals surface area contributed by atoms with Crippen LogP contribution in [0.3, 0.4) is 0 Å². The zero-order chi connectivity index (χ0) is 26.2. The van der Waals surface area contributed by atoms with Gasteiger partial charge in [0, 0.05) is 34.7 Å². The maximum atomic E-state index is 14.8. The zero-order valence-corrected chi connectivity index (χ0v) is 20.7. The Labute approximate surface area is 206 Å². The topological polar surface area (TPSA) is 151 Å². The van der Waals surface area contributed by atoms with Crippen LogP contribution in [-0.2, 0) is 22.0 Å². The molecule has 1 unspecified atom stereocenters. The standard InChI is InChI=1S/C25H27FN4O5S/c1-14(30-12-17(5-4-10-27)28-25(30)33)18-6-3-7-19-21(23(24(31)32)29-22(18)19)15-8-9-16(20(26)11-15)13-36(2,34)35/h3,6-9,11-12,14,29H,4-5,10,13,27H2,1-2H3,(H,28,33)(H,31,32). The number of aromatic nitrogens is 3. The van der Waals surface area contributed by atoms with E-state index in [1.54, 1.807) is 29.0 Å². The monoisotopic (exact) mass is 514 g/mol. The van der Waals surface area contributed by atoms with Gasteiger partial charge in [0.25, 0.3) is 0 Å². The lowest BCUT2D eigenvalue weighted by molar-refractivity contribution is 0.0692. The summed E-state index contributed by atoms with van der Waals surface area (Å²) in [4.78, 5) is 30.5. The Bertz CT molecular complexity index is 1620. The van der Waals surface area contributed by atoms with E-state index in [1.807, 2.05) is 6.92 Å². The van der Waals surface area contributed by atoms with E-state index in [-0.39, 0.29) is 22.5 Å². The smallest absolute Gasteiger partial charge is 0.352 e. The number of carbonyl (C=O) groups is 1. The molecule has 0 aliphatic rings. The second kappa shape index (κ2) is 9.75. The molecule has 0 amide bonds. The number of halogens is 1. The van der Waals surface area contributed by atoms with Crippen molar-refractivity contribution in [2.45, 2.75) is 31.6 Å². The average molecular weight is 515 g/mol. The Morgan fingerprint density at radius 2 is 1.97 bits per heavy atom. The quantitative estimate of drug-likeness (QED) is 0.269. The third kappa shape index (κ3) is 4.98. The molecule has 0 radical (unpaired) electrons. The number of benzene rings is 2. The summed E-state index contributed by atoms with van der Waals surface area (Å²) in [5.41, 5.74) is 7.66. The number of aryl methyl sites for hydroxylation is 1. The van der Waals surface area contributed by atoms with Gasteiger partial charge in [-0.15, -0.1) is 0 Å². The van der Waals surface area contributed by atoms with Crippen LogP contribution in [0.4, 0.5) is 4.39 Å². The fraction of sp³-hybridized carbons (Fsp3) is 0.280. The number of hydrogen-bond donors (Lipinski definition) is 4. The number of rotatable bonds is 9. The first-order valence-electron chi connectivity index (χ1n) is 11.3. The van der Waals surface area contributed by atoms with Gasteiger partial charge in [0.1, 0.15) is 11.5 Å². The summed E-state index contributed by atoms with van der Waals surface area (Å²) < 4.78 is 39.5. The van der Waals surface area contributed by atoms with Crippen LogP contribution in [0.15, 0.2) is 47.4 Å². The van der Waals surface area contributed by atoms with Gasteiger partial charge in [0.05, 0.1) is 17.3 Å². The van der Waals surface area contributed by atoms with Gasteiger partial charge in [-0.1, -0.05) is 30.3 Å². The highest BCUT2D eigenvalue weighted by molar-refractivity contribution is 7.89. The first-order chi connectivity index (χ1) is 17.0. The number of nitrogens with two attached hydrogens (primary N) is 1. The van der Waals surface area contributed by atoms with Crippen molar-refractivity contribution in [1.29, 1.82) is 0 Å². The highest BCUT2D eigenvalue weighted by atomic mass is 32.2. The van der Waals surface area contributed by atoms with Gasteiger partial charge in [0.2, 0.25) is 0 Å². The molecule has 2 aromatic carbocycles. The molecule has 1 atom stereocenters. The van der Waals surface area contributed by atoms with E-state index >= 15 is 0 Å². The van der Waals surface area contributed by atoms with E-state index in [4.69, 9.17) is 5.73 Å². The van der Waals surface area contributed by atoms with Crippen molar-refractivity contribution in [1.82, 2.24) is 14.5 Å². The number of para-hydroxylation sites is 1. The first kappa shape index (κ1) is 25.4. The van der Waals surface area contributed by atoms with E-state index < -0.39 is 33.4 Å². The van der Waals surface area contributed by atoms with Crippen LogP contribution in [0.5, 0.6) is 0 Å². The lowest BCUT2D eigenvalue weighted by Gasteiger charge is -2.14. The minimum atomic E-state index is -3.45. The number of sulfone groups is 1. The molecule has 4 rings (SSSR count). The van der Waals surface area contributed by atoms with Crippen molar-refractivity contribution in [3.05, 3.63) is 81.4 Å². The van der Waals surface area contributed by atoms with Crippen molar-refractivity contribution < 1.29 is 22.7 Å². The van der Waals surface area contributed by atoms with Gasteiger partial charge in [-0.3, -0.25) is 4.57 Å². The van der Waals surface area contributed by atoms with Crippen molar-refractivity contribution in [2.24, 2.45) is 5.73 Å². The van der Waals surface area contributed by atoms with E-state index in [9.17, 15) is 27.5 Å². The molecule has 0 spiro atoms. The van der Waals surface area contributed by atoms with Crippen LogP contribution >= 0.6 is 0 Å². The summed E-state index contributed by atoms with van der Waals surface area (Å²) in [6, 6.07) is 8.84. The number of nitrogens with one attached hydrogen (secondary N) is 2. The van der Waals surface area contributed by atoms with Crippen LogP contribution in [0.1, 0.15) is 46.7 Å². The second-order valence-corrected chi connectivity index (χ2v) is 11.0. The van der Waals surface area contributed by atoms with E-state index in [2.05, 4.69) is 9.97 Å². The average Bonchev–Trinajstić information content (AvgIpc) is 3.38. The minimum Gasteiger partial charge on any atom is -0.477 e. The number of aromatic carboxylic acids is 1. The second-order valence-electron chi connectivity index (χ2n) is 8.89. The number of hydrogen-bond acceptors (Lipinski definition) is 5. The van der Waals surface area contributed by atoms with Gasteiger partial charge in [-0.25, -0.2) is 22.4 Å². The summed E-state index contributed by atoms with van der Waals surface area (Å²) in [5.74, 6) is -2.43. The maximum absolute atomic E-state index is 14.8. The fourth-order valence-electron chi connectivity index (χ4n) is 4.47. The van der Waals surface area contributed by atoms with Gasteiger partial charge in [-0.2, -0.15) is 0 Å². The van der Waals surface area contributed by atoms with Crippen LogP contribution in [0.25, 0.3) is 22.0 Å². The van der Waals surface area contributed by atoms with Gasteiger partial charge in [-0.05, 0) is 43.5 Å². The normalized spacial score (nSPS) is 12.8. The number of H-pyrrole nitrogens is 2. The van der Waals surface area contributed by atoms with Crippen molar-refractivity contribution in [2.75, 3.05) is 12.8 Å². The van der Waals surface area contributed by atoms with Crippen LogP contribution < -0.4 is 11.4 Å². The Morgan fingerprint density at radius 3 is 2.61 bits per heavy atom. The molecule has 0 aliphatic carbocycles. The zero-order valence-electron chi connectivity index (χ0n) is 19.8. The predicted octanol–water partition coefficient (Wildman–Crippen LogP) is 3.21. The molecule has 2 heterocycles. The first-order valence-corrected chi connectivity index (χ1v) is 13.4. The lowest BCUT2D eigenvalue weighted by Crippen LogP contribution is -2.20. The number of nitrogens with zero attached hydrogens (tertiary/aromatic N) is 1. The SMILES string of the molecule is CC(c1cccc2c(-c3ccc(CS(C)(=O)=O)c(F)c3)c(C(=O)O)[nH]c12)n1cc(CCCN)[nH]c1=O. The minimum absolute atomic E-state index is 0.00421. The summed E-state index contributed by atoms with van der Waals surface area (Å²) in [7, 11) is -3.45. The molecule has 0 fully saturated rings. The van der Waals surface area contributed by atoms with Crippen LogP contribution in [0, 0.1) is 5.82 Å². The number of imidazole rings is 1. The molecule has 11 heteroatoms. The molecule has 5 N–H and O–H groups in total. The van der Waals surface area contributed by atoms with E-state index in [0.717, 1.165) is 24.4 Å². The molecule has 190 valence electrons. The Hall–Kier alpha value is -3.70. The van der Waals surface area contributed by atoms with Gasteiger partial charge < -0.3 is 20.8 Å². The summed E-state index contributed by atoms with van der Waals surface area (Å²) >= 11 is 0. The maximum Gasteiger partial charge on any atom is 0.352 e. The largest absolute Gasteiger partial charge is 0.477 e. The molecule has 0 bridgehead atoms. The molecule has 9 nitrogen and oxygen atoms in total. The number of carboxylic acids is 1. The predicted molar refractivity (Wildman–Crippen MR) is 135 cm³/mol. The summed E-state index contributed by atoms with van der Waals surface area (Å²) in [5, 5.41) is 10.4. The molecular formula is C25H27FN4O5S. The molecule has 0 aliphatic heterocycles. The van der Waals surface area contributed by atoms with Crippen LogP contribution in [-0.4, -0.2) is 46.8 Å². The van der Waals surface area contributed by atoms with Crippen molar-refractivity contribution in [3.63, 3.8) is 0 Å². The van der Waals surface area contributed by atoms with E-state index in [1.165, 1.54) is 12.1 Å². The Morgan fingerprint density at radius 1 is 1.22 bits per heavy atom. The van der Waals surface area contributed by atoms with Gasteiger partial charge >= 0.3 is 11.7 Å². The lowest BCUT2D eigenvalue weighted by atomic mass is 9.98. The molecule has 2 aromatic heterocycles. The Balaban J connectivity index is 1.84. The summed E-state index contributed by atoms with van der Waals surface area (Å²) in [6.45, 7) is 2.33. The molecule has 4 aromatic rings. The summed E-state index contributed by atoms with van der Waals surface area (Å²) in [6.07, 6.45) is 4.11. The fourth-order valence-corrected chi connectivity index (χ4v) is 5.27.